The number of hydrogen-bond donors (Lipinski definition) is 3. The van der Waals surface area contributed by atoms with Crippen LogP contribution in [0, 0.1) is 0 Å². The Kier molecular flexibility index (Phi) is 9.49. The van der Waals surface area contributed by atoms with Gasteiger partial charge in [0.25, 0.3) is 0 Å². The number of carboxylic acid groups (broad SMARTS) is 1. The zero-order chi connectivity index (χ0) is 25.2. The number of nitrogens with zero attached hydrogens (tertiary/aromatic N) is 3. The van der Waals surface area contributed by atoms with Crippen LogP contribution in [0.4, 0.5) is 10.6 Å². The van der Waals surface area contributed by atoms with E-state index in [-0.39, 0.29) is 6.61 Å². The van der Waals surface area contributed by atoms with Crippen molar-refractivity contribution in [2.45, 2.75) is 69.9 Å². The number of carbonyl (C=O) groups excluding carboxylic acids is 1. The lowest BCUT2D eigenvalue weighted by atomic mass is 10.1. The number of nitrogens with one attached hydrogen (secondary N) is 2. The van der Waals surface area contributed by atoms with Crippen molar-refractivity contribution in [3.05, 3.63) is 53.5 Å². The van der Waals surface area contributed by atoms with Crippen molar-refractivity contribution in [1.29, 1.82) is 0 Å². The third kappa shape index (κ3) is 8.19. The number of rotatable bonds is 14. The first-order valence-corrected chi connectivity index (χ1v) is 13.1. The molecule has 1 aliphatic carbocycles. The fourth-order valence-electron chi connectivity index (χ4n) is 4.58. The number of anilines is 1. The van der Waals surface area contributed by atoms with E-state index in [4.69, 9.17) is 9.72 Å². The van der Waals surface area contributed by atoms with Crippen LogP contribution in [0.5, 0.6) is 0 Å². The molecule has 3 heterocycles. The summed E-state index contributed by atoms with van der Waals surface area (Å²) in [5.41, 5.74) is 3.25. The van der Waals surface area contributed by atoms with Gasteiger partial charge < -0.3 is 25.4 Å². The lowest BCUT2D eigenvalue weighted by Gasteiger charge is -2.24. The highest BCUT2D eigenvalue weighted by Crippen LogP contribution is 2.27. The highest BCUT2D eigenvalue weighted by Gasteiger charge is 2.30. The first-order valence-electron chi connectivity index (χ1n) is 13.1. The molecule has 1 amide bonds. The number of pyridine rings is 2. The van der Waals surface area contributed by atoms with Gasteiger partial charge in [-0.1, -0.05) is 12.1 Å². The SMILES string of the molecule is O=C(N[C@@H](CCN(CCCCc1ccc2c(n1)NCCC2)C1CC1)C(=O)O)OCCc1ccccn1. The molecule has 9 nitrogen and oxygen atoms in total. The summed E-state index contributed by atoms with van der Waals surface area (Å²) in [4.78, 5) is 35.2. The van der Waals surface area contributed by atoms with Crippen LogP contribution in [0.1, 0.15) is 55.5 Å². The monoisotopic (exact) mass is 495 g/mol. The summed E-state index contributed by atoms with van der Waals surface area (Å²) in [5.74, 6) is 0.000319. The normalized spacial score (nSPS) is 15.6. The third-order valence-electron chi connectivity index (χ3n) is 6.76. The smallest absolute Gasteiger partial charge is 0.407 e. The number of carboxylic acids is 1. The molecule has 36 heavy (non-hydrogen) atoms. The van der Waals surface area contributed by atoms with Crippen LogP contribution < -0.4 is 10.6 Å². The second-order valence-electron chi connectivity index (χ2n) is 9.60. The van der Waals surface area contributed by atoms with Crippen LogP contribution in [0.3, 0.4) is 0 Å². The Morgan fingerprint density at radius 2 is 2.03 bits per heavy atom. The van der Waals surface area contributed by atoms with Crippen molar-refractivity contribution in [1.82, 2.24) is 20.2 Å². The number of ether oxygens (including phenoxy) is 1. The molecule has 0 radical (unpaired) electrons. The molecule has 4 rings (SSSR count). The van der Waals surface area contributed by atoms with Crippen LogP contribution in [0.15, 0.2) is 36.5 Å². The summed E-state index contributed by atoms with van der Waals surface area (Å²) >= 11 is 0. The number of unbranched alkanes of at least 4 members (excludes halogenated alkanes) is 1. The first kappa shape index (κ1) is 25.9. The number of aryl methyl sites for hydroxylation is 2. The minimum absolute atomic E-state index is 0.151. The van der Waals surface area contributed by atoms with E-state index in [2.05, 4.69) is 32.7 Å². The molecule has 1 aliphatic heterocycles. The quantitative estimate of drug-likeness (QED) is 0.341. The number of hydrogen-bond acceptors (Lipinski definition) is 7. The summed E-state index contributed by atoms with van der Waals surface area (Å²) in [6.07, 6.45) is 9.39. The molecule has 3 N–H and O–H groups in total. The molecule has 0 aromatic carbocycles. The third-order valence-corrected chi connectivity index (χ3v) is 6.76. The van der Waals surface area contributed by atoms with Crippen molar-refractivity contribution in [3.63, 3.8) is 0 Å². The second-order valence-corrected chi connectivity index (χ2v) is 9.60. The van der Waals surface area contributed by atoms with Crippen molar-refractivity contribution < 1.29 is 19.4 Å². The summed E-state index contributed by atoms with van der Waals surface area (Å²) < 4.78 is 5.17. The van der Waals surface area contributed by atoms with Crippen LogP contribution in [-0.4, -0.2) is 70.4 Å². The van der Waals surface area contributed by atoms with Crippen LogP contribution in [0.25, 0.3) is 0 Å². The summed E-state index contributed by atoms with van der Waals surface area (Å²) in [6.45, 7) is 2.71. The molecule has 2 aromatic heterocycles. The Morgan fingerprint density at radius 3 is 2.81 bits per heavy atom. The average Bonchev–Trinajstić information content (AvgIpc) is 3.73. The first-order chi connectivity index (χ1) is 17.6. The Balaban J connectivity index is 1.16. The van der Waals surface area contributed by atoms with Gasteiger partial charge >= 0.3 is 12.1 Å². The maximum Gasteiger partial charge on any atom is 0.407 e. The molecule has 1 atom stereocenters. The van der Waals surface area contributed by atoms with Crippen molar-refractivity contribution >= 4 is 17.9 Å². The number of carbonyl (C=O) groups is 2. The summed E-state index contributed by atoms with van der Waals surface area (Å²) in [7, 11) is 0. The molecular formula is C27H37N5O4. The maximum absolute atomic E-state index is 12.1. The molecule has 1 fully saturated rings. The van der Waals surface area contributed by atoms with Crippen molar-refractivity contribution in [2.75, 3.05) is 31.6 Å². The van der Waals surface area contributed by atoms with Crippen molar-refractivity contribution in [2.24, 2.45) is 0 Å². The van der Waals surface area contributed by atoms with E-state index < -0.39 is 18.1 Å². The fraction of sp³-hybridized carbons (Fsp3) is 0.556. The fourth-order valence-corrected chi connectivity index (χ4v) is 4.58. The maximum atomic E-state index is 12.1. The van der Waals surface area contributed by atoms with Gasteiger partial charge in [-0.3, -0.25) is 4.98 Å². The van der Waals surface area contributed by atoms with E-state index in [0.29, 0.717) is 25.4 Å². The van der Waals surface area contributed by atoms with Gasteiger partial charge in [-0.25, -0.2) is 14.6 Å². The van der Waals surface area contributed by atoms with E-state index in [0.717, 1.165) is 75.2 Å². The van der Waals surface area contributed by atoms with Gasteiger partial charge in [0.2, 0.25) is 0 Å². The van der Waals surface area contributed by atoms with E-state index in [1.807, 2.05) is 18.2 Å². The number of aromatic nitrogens is 2. The highest BCUT2D eigenvalue weighted by molar-refractivity contribution is 5.79. The standard InChI is InChI=1S/C27H37N5O4/c33-26(34)24(31-27(35)36-19-14-21-7-1-3-15-28-21)13-18-32(23-11-12-23)17-4-2-8-22-10-9-20-6-5-16-29-25(20)30-22/h1,3,7,9-10,15,23-24H,2,4-6,8,11-14,16-19H2,(H,29,30)(H,31,35)(H,33,34)/t24-/m0/s1. The molecule has 0 unspecified atom stereocenters. The number of alkyl carbamates (subject to hydrolysis) is 1. The Labute approximate surface area is 212 Å². The van der Waals surface area contributed by atoms with Crippen LogP contribution in [0.2, 0.25) is 0 Å². The van der Waals surface area contributed by atoms with E-state index in [1.54, 1.807) is 6.20 Å². The van der Waals surface area contributed by atoms with Crippen molar-refractivity contribution in [3.8, 4) is 0 Å². The summed E-state index contributed by atoms with van der Waals surface area (Å²) in [6, 6.07) is 9.44. The molecule has 0 spiro atoms. The second kappa shape index (κ2) is 13.2. The zero-order valence-electron chi connectivity index (χ0n) is 20.8. The Hall–Kier alpha value is -3.20. The van der Waals surface area contributed by atoms with Gasteiger partial charge in [-0.2, -0.15) is 0 Å². The molecule has 9 heteroatoms. The summed E-state index contributed by atoms with van der Waals surface area (Å²) in [5, 5.41) is 15.5. The average molecular weight is 496 g/mol. The molecular weight excluding hydrogens is 458 g/mol. The molecule has 0 saturated heterocycles. The molecule has 0 bridgehead atoms. The van der Waals surface area contributed by atoms with Gasteiger partial charge in [0.1, 0.15) is 11.9 Å². The predicted molar refractivity (Wildman–Crippen MR) is 137 cm³/mol. The number of fused-ring (bicyclic) bond motifs is 1. The van der Waals surface area contributed by atoms with Crippen LogP contribution >= 0.6 is 0 Å². The molecule has 1 saturated carbocycles. The minimum atomic E-state index is -1.04. The molecule has 2 aromatic rings. The van der Waals surface area contributed by atoms with Gasteiger partial charge in [-0.15, -0.1) is 0 Å². The van der Waals surface area contributed by atoms with Gasteiger partial charge in [0, 0.05) is 43.1 Å². The number of amides is 1. The lowest BCUT2D eigenvalue weighted by Crippen LogP contribution is -2.44. The van der Waals surface area contributed by atoms with E-state index >= 15 is 0 Å². The lowest BCUT2D eigenvalue weighted by molar-refractivity contribution is -0.139. The number of aliphatic carboxylic acids is 1. The van der Waals surface area contributed by atoms with Gasteiger partial charge in [0.15, 0.2) is 0 Å². The van der Waals surface area contributed by atoms with Gasteiger partial charge in [0.05, 0.1) is 6.61 Å². The van der Waals surface area contributed by atoms with E-state index in [1.165, 1.54) is 5.56 Å². The topological polar surface area (TPSA) is 117 Å². The molecule has 2 aliphatic rings. The predicted octanol–water partition coefficient (Wildman–Crippen LogP) is 3.43. The van der Waals surface area contributed by atoms with Crippen LogP contribution in [-0.2, 0) is 28.8 Å². The zero-order valence-corrected chi connectivity index (χ0v) is 20.8. The largest absolute Gasteiger partial charge is 0.480 e. The molecule has 194 valence electrons. The Bertz CT molecular complexity index is 999. The minimum Gasteiger partial charge on any atom is -0.480 e. The van der Waals surface area contributed by atoms with E-state index in [9.17, 15) is 14.7 Å². The Morgan fingerprint density at radius 1 is 1.14 bits per heavy atom. The highest BCUT2D eigenvalue weighted by atomic mass is 16.5. The van der Waals surface area contributed by atoms with Gasteiger partial charge in [-0.05, 0) is 81.7 Å².